The van der Waals surface area contributed by atoms with Gasteiger partial charge in [-0.2, -0.15) is 13.2 Å². The van der Waals surface area contributed by atoms with Crippen LogP contribution in [0.2, 0.25) is 0 Å². The van der Waals surface area contributed by atoms with E-state index in [-0.39, 0.29) is 5.25 Å². The Bertz CT molecular complexity index is 262. The van der Waals surface area contributed by atoms with Gasteiger partial charge in [-0.15, -0.1) is 0 Å². The molecule has 6 heteroatoms. The molecule has 1 N–H and O–H groups in total. The first-order valence-electron chi connectivity index (χ1n) is 6.06. The van der Waals surface area contributed by atoms with Crippen LogP contribution in [0.5, 0.6) is 0 Å². The van der Waals surface area contributed by atoms with E-state index in [1.165, 1.54) is 0 Å². The largest absolute Gasteiger partial charge is 0.405 e. The lowest BCUT2D eigenvalue weighted by Crippen LogP contribution is -2.50. The molecule has 1 saturated carbocycles. The van der Waals surface area contributed by atoms with Gasteiger partial charge in [-0.25, -0.2) is 8.93 Å². The average molecular weight is 271 g/mol. The standard InChI is InChI=1S/C11H20F3NOS/c1-8(2)17(16)15-10(11(12,13)14)9-6-4-3-5-7-9/h8-10,15H,3-7H2,1-2H3/t10-,17+/m1/s1. The third kappa shape index (κ3) is 4.58. The molecule has 1 aliphatic rings. The van der Waals surface area contributed by atoms with E-state index in [4.69, 9.17) is 0 Å². The molecule has 1 fully saturated rings. The highest BCUT2D eigenvalue weighted by Gasteiger charge is 2.45. The van der Waals surface area contributed by atoms with Crippen LogP contribution < -0.4 is 4.72 Å². The quantitative estimate of drug-likeness (QED) is 0.836. The lowest BCUT2D eigenvalue weighted by molar-refractivity contribution is -0.165. The number of hydrogen-bond acceptors (Lipinski definition) is 1. The van der Waals surface area contributed by atoms with Crippen LogP contribution in [-0.2, 0) is 11.0 Å². The van der Waals surface area contributed by atoms with Gasteiger partial charge in [-0.1, -0.05) is 19.3 Å². The summed E-state index contributed by atoms with van der Waals surface area (Å²) in [5.74, 6) is -0.425. The first-order chi connectivity index (χ1) is 7.82. The molecule has 0 aromatic rings. The lowest BCUT2D eigenvalue weighted by Gasteiger charge is -2.32. The number of nitrogens with one attached hydrogen (secondary N) is 1. The molecule has 2 nitrogen and oxygen atoms in total. The molecule has 0 bridgehead atoms. The van der Waals surface area contributed by atoms with Crippen molar-refractivity contribution in [2.75, 3.05) is 0 Å². The van der Waals surface area contributed by atoms with E-state index in [1.807, 2.05) is 0 Å². The topological polar surface area (TPSA) is 29.1 Å². The van der Waals surface area contributed by atoms with Crippen LogP contribution in [-0.4, -0.2) is 21.7 Å². The summed E-state index contributed by atoms with van der Waals surface area (Å²) in [6, 6.07) is -1.62. The third-order valence-corrected chi connectivity index (χ3v) is 4.49. The van der Waals surface area contributed by atoms with Crippen molar-refractivity contribution in [1.82, 2.24) is 4.72 Å². The van der Waals surface area contributed by atoms with Crippen LogP contribution in [0, 0.1) is 5.92 Å². The van der Waals surface area contributed by atoms with E-state index >= 15 is 0 Å². The summed E-state index contributed by atoms with van der Waals surface area (Å²) in [7, 11) is -1.62. The maximum Gasteiger partial charge on any atom is 0.405 e. The van der Waals surface area contributed by atoms with Crippen molar-refractivity contribution < 1.29 is 17.4 Å². The Balaban J connectivity index is 2.69. The fraction of sp³-hybridized carbons (Fsp3) is 1.00. The van der Waals surface area contributed by atoms with Crippen LogP contribution >= 0.6 is 0 Å². The van der Waals surface area contributed by atoms with Gasteiger partial charge in [-0.3, -0.25) is 0 Å². The summed E-state index contributed by atoms with van der Waals surface area (Å²) in [6.45, 7) is 3.30. The van der Waals surface area contributed by atoms with Crippen LogP contribution in [0.25, 0.3) is 0 Å². The summed E-state index contributed by atoms with van der Waals surface area (Å²) in [5, 5.41) is -0.302. The predicted molar refractivity (Wildman–Crippen MR) is 62.8 cm³/mol. The van der Waals surface area contributed by atoms with Gasteiger partial charge >= 0.3 is 6.18 Å². The number of alkyl halides is 3. The second-order valence-electron chi connectivity index (χ2n) is 4.88. The van der Waals surface area contributed by atoms with Crippen molar-refractivity contribution in [3.8, 4) is 0 Å². The Morgan fingerprint density at radius 1 is 1.18 bits per heavy atom. The Hall–Kier alpha value is -0.100. The zero-order valence-corrected chi connectivity index (χ0v) is 11.0. The fourth-order valence-electron chi connectivity index (χ4n) is 2.16. The van der Waals surface area contributed by atoms with Crippen LogP contribution in [0.3, 0.4) is 0 Å². The monoisotopic (exact) mass is 271 g/mol. The van der Waals surface area contributed by atoms with Crippen LogP contribution in [0.1, 0.15) is 46.0 Å². The number of halogens is 3. The highest BCUT2D eigenvalue weighted by Crippen LogP contribution is 2.34. The maximum absolute atomic E-state index is 12.9. The molecule has 2 atom stereocenters. The van der Waals surface area contributed by atoms with Crippen molar-refractivity contribution in [1.29, 1.82) is 0 Å². The minimum atomic E-state index is -4.31. The highest BCUT2D eigenvalue weighted by molar-refractivity contribution is 7.83. The number of hydrogen-bond donors (Lipinski definition) is 1. The van der Waals surface area contributed by atoms with E-state index in [0.717, 1.165) is 19.3 Å². The van der Waals surface area contributed by atoms with E-state index in [1.54, 1.807) is 13.8 Å². The highest BCUT2D eigenvalue weighted by atomic mass is 32.2. The van der Waals surface area contributed by atoms with Gasteiger partial charge in [0.1, 0.15) is 6.04 Å². The molecular weight excluding hydrogens is 251 g/mol. The third-order valence-electron chi connectivity index (χ3n) is 3.15. The Morgan fingerprint density at radius 2 is 1.71 bits per heavy atom. The molecule has 0 spiro atoms. The summed E-state index contributed by atoms with van der Waals surface area (Å²) < 4.78 is 52.6. The molecule has 0 unspecified atom stereocenters. The molecule has 17 heavy (non-hydrogen) atoms. The normalized spacial score (nSPS) is 22.7. The van der Waals surface area contributed by atoms with Crippen molar-refractivity contribution >= 4 is 11.0 Å². The first-order valence-corrected chi connectivity index (χ1v) is 7.27. The van der Waals surface area contributed by atoms with E-state index in [2.05, 4.69) is 4.72 Å². The zero-order valence-electron chi connectivity index (χ0n) is 10.2. The van der Waals surface area contributed by atoms with Crippen LogP contribution in [0.4, 0.5) is 13.2 Å². The predicted octanol–water partition coefficient (Wildman–Crippen LogP) is 3.16. The summed E-state index contributed by atoms with van der Waals surface area (Å²) >= 11 is 0. The maximum atomic E-state index is 12.9. The van der Waals surface area contributed by atoms with E-state index < -0.39 is 29.1 Å². The van der Waals surface area contributed by atoms with Crippen molar-refractivity contribution in [2.24, 2.45) is 5.92 Å². The molecule has 0 radical (unpaired) electrons. The molecule has 0 aromatic heterocycles. The summed E-state index contributed by atoms with van der Waals surface area (Å²) in [5.41, 5.74) is 0. The van der Waals surface area contributed by atoms with Gasteiger partial charge in [0, 0.05) is 5.25 Å². The van der Waals surface area contributed by atoms with Gasteiger partial charge in [0.2, 0.25) is 0 Å². The minimum Gasteiger partial charge on any atom is -0.243 e. The van der Waals surface area contributed by atoms with E-state index in [9.17, 15) is 17.4 Å². The van der Waals surface area contributed by atoms with Crippen molar-refractivity contribution in [3.63, 3.8) is 0 Å². The molecule has 0 amide bonds. The summed E-state index contributed by atoms with van der Waals surface area (Å²) in [4.78, 5) is 0. The van der Waals surface area contributed by atoms with Crippen LogP contribution in [0.15, 0.2) is 0 Å². The minimum absolute atomic E-state index is 0.302. The first kappa shape index (κ1) is 15.0. The molecule has 1 aliphatic carbocycles. The second kappa shape index (κ2) is 6.18. The molecule has 1 rings (SSSR count). The van der Waals surface area contributed by atoms with Gasteiger partial charge in [-0.05, 0) is 32.6 Å². The smallest absolute Gasteiger partial charge is 0.243 e. The lowest BCUT2D eigenvalue weighted by atomic mass is 9.84. The average Bonchev–Trinajstić information content (AvgIpc) is 2.25. The fourth-order valence-corrected chi connectivity index (χ4v) is 3.01. The molecule has 0 aliphatic heterocycles. The van der Waals surface area contributed by atoms with Gasteiger partial charge < -0.3 is 0 Å². The van der Waals surface area contributed by atoms with Gasteiger partial charge in [0.15, 0.2) is 0 Å². The Morgan fingerprint density at radius 3 is 2.12 bits per heavy atom. The van der Waals surface area contributed by atoms with Gasteiger partial charge in [0.05, 0.1) is 11.0 Å². The second-order valence-corrected chi connectivity index (χ2v) is 6.65. The molecule has 0 aromatic carbocycles. The van der Waals surface area contributed by atoms with Gasteiger partial charge in [0.25, 0.3) is 0 Å². The Labute approximate surface area is 103 Å². The van der Waals surface area contributed by atoms with Crippen molar-refractivity contribution in [3.05, 3.63) is 0 Å². The van der Waals surface area contributed by atoms with Crippen molar-refractivity contribution in [2.45, 2.75) is 63.4 Å². The molecule has 0 saturated heterocycles. The summed E-state index contributed by atoms with van der Waals surface area (Å²) in [6.07, 6.45) is -0.472. The molecule has 0 heterocycles. The molecular formula is C11H20F3NOS. The van der Waals surface area contributed by atoms with E-state index in [0.29, 0.717) is 12.8 Å². The number of rotatable bonds is 4. The zero-order chi connectivity index (χ0) is 13.1. The SMILES string of the molecule is CC(C)[S@](=O)N[C@H](C1CCCCC1)C(F)(F)F. The Kier molecular flexibility index (Phi) is 5.44. The molecule has 102 valence electrons.